The van der Waals surface area contributed by atoms with Gasteiger partial charge in [-0.2, -0.15) is 0 Å². The van der Waals surface area contributed by atoms with E-state index in [4.69, 9.17) is 12.2 Å². The molecular formula is C19H27N3O2S. The first-order valence-corrected chi connectivity index (χ1v) is 9.51. The molecule has 1 aromatic rings. The van der Waals surface area contributed by atoms with Gasteiger partial charge < -0.3 is 15.5 Å². The highest BCUT2D eigenvalue weighted by Crippen LogP contribution is 2.16. The van der Waals surface area contributed by atoms with Gasteiger partial charge in [-0.3, -0.25) is 9.59 Å². The minimum atomic E-state index is -0.0714. The SMILES string of the molecule is CCCCCCC(=O)NC(=S)Nc1cccc(C(=O)N2CCCC2)c1. The molecule has 1 aromatic carbocycles. The summed E-state index contributed by atoms with van der Waals surface area (Å²) in [4.78, 5) is 26.2. The minimum absolute atomic E-state index is 0.0482. The summed E-state index contributed by atoms with van der Waals surface area (Å²) in [5.41, 5.74) is 1.35. The summed E-state index contributed by atoms with van der Waals surface area (Å²) < 4.78 is 0. The molecular weight excluding hydrogens is 334 g/mol. The van der Waals surface area contributed by atoms with Gasteiger partial charge in [0.25, 0.3) is 5.91 Å². The van der Waals surface area contributed by atoms with Crippen LogP contribution in [0, 0.1) is 0 Å². The van der Waals surface area contributed by atoms with Crippen LogP contribution < -0.4 is 10.6 Å². The van der Waals surface area contributed by atoms with Crippen molar-refractivity contribution in [2.75, 3.05) is 18.4 Å². The van der Waals surface area contributed by atoms with Crippen molar-refractivity contribution < 1.29 is 9.59 Å². The van der Waals surface area contributed by atoms with E-state index in [2.05, 4.69) is 17.6 Å². The molecule has 0 spiro atoms. The molecule has 0 atom stereocenters. The van der Waals surface area contributed by atoms with Crippen LogP contribution >= 0.6 is 12.2 Å². The molecule has 0 radical (unpaired) electrons. The Bertz CT molecular complexity index is 612. The first kappa shape index (κ1) is 19.4. The van der Waals surface area contributed by atoms with E-state index in [1.807, 2.05) is 17.0 Å². The Labute approximate surface area is 155 Å². The summed E-state index contributed by atoms with van der Waals surface area (Å²) in [6.45, 7) is 3.79. The fourth-order valence-electron chi connectivity index (χ4n) is 2.90. The summed E-state index contributed by atoms with van der Waals surface area (Å²) in [5.74, 6) is -0.0232. The van der Waals surface area contributed by atoms with Crippen molar-refractivity contribution >= 4 is 34.8 Å². The molecule has 2 N–H and O–H groups in total. The first-order valence-electron chi connectivity index (χ1n) is 9.10. The van der Waals surface area contributed by atoms with Crippen LogP contribution in [0.2, 0.25) is 0 Å². The third-order valence-corrected chi connectivity index (χ3v) is 4.48. The number of hydrogen-bond donors (Lipinski definition) is 2. The largest absolute Gasteiger partial charge is 0.339 e. The van der Waals surface area contributed by atoms with E-state index in [9.17, 15) is 9.59 Å². The van der Waals surface area contributed by atoms with Crippen LogP contribution in [0.25, 0.3) is 0 Å². The molecule has 1 aliphatic rings. The predicted molar refractivity (Wildman–Crippen MR) is 105 cm³/mol. The van der Waals surface area contributed by atoms with Gasteiger partial charge in [0, 0.05) is 30.8 Å². The second-order valence-corrected chi connectivity index (χ2v) is 6.80. The molecule has 2 rings (SSSR count). The first-order chi connectivity index (χ1) is 12.1. The van der Waals surface area contributed by atoms with Crippen LogP contribution in [0.5, 0.6) is 0 Å². The summed E-state index contributed by atoms with van der Waals surface area (Å²) in [6, 6.07) is 7.24. The van der Waals surface area contributed by atoms with Crippen molar-refractivity contribution in [3.05, 3.63) is 29.8 Å². The van der Waals surface area contributed by atoms with Crippen LogP contribution in [0.1, 0.15) is 62.2 Å². The predicted octanol–water partition coefficient (Wildman–Crippen LogP) is 3.71. The van der Waals surface area contributed by atoms with E-state index in [-0.39, 0.29) is 16.9 Å². The number of carbonyl (C=O) groups excluding carboxylic acids is 2. The van der Waals surface area contributed by atoms with E-state index in [1.54, 1.807) is 12.1 Å². The number of hydrogen-bond acceptors (Lipinski definition) is 3. The lowest BCUT2D eigenvalue weighted by Gasteiger charge is -2.16. The summed E-state index contributed by atoms with van der Waals surface area (Å²) in [5, 5.41) is 5.95. The van der Waals surface area contributed by atoms with Gasteiger partial charge in [0.05, 0.1) is 0 Å². The van der Waals surface area contributed by atoms with Crippen LogP contribution in [-0.2, 0) is 4.79 Å². The molecule has 25 heavy (non-hydrogen) atoms. The van der Waals surface area contributed by atoms with Gasteiger partial charge in [-0.25, -0.2) is 0 Å². The Balaban J connectivity index is 1.83. The Morgan fingerprint density at radius 3 is 2.64 bits per heavy atom. The lowest BCUT2D eigenvalue weighted by atomic mass is 10.1. The number of thiocarbonyl (C=S) groups is 1. The Morgan fingerprint density at radius 2 is 1.92 bits per heavy atom. The fourth-order valence-corrected chi connectivity index (χ4v) is 3.13. The van der Waals surface area contributed by atoms with Crippen LogP contribution in [-0.4, -0.2) is 34.9 Å². The van der Waals surface area contributed by atoms with Crippen LogP contribution in [0.15, 0.2) is 24.3 Å². The van der Waals surface area contributed by atoms with Gasteiger partial charge in [0.2, 0.25) is 5.91 Å². The maximum Gasteiger partial charge on any atom is 0.253 e. The zero-order valence-electron chi connectivity index (χ0n) is 14.8. The number of rotatable bonds is 7. The van der Waals surface area contributed by atoms with Gasteiger partial charge in [0.1, 0.15) is 0 Å². The maximum absolute atomic E-state index is 12.4. The highest BCUT2D eigenvalue weighted by molar-refractivity contribution is 7.80. The molecule has 1 saturated heterocycles. The van der Waals surface area contributed by atoms with E-state index in [0.717, 1.165) is 51.6 Å². The number of likely N-dealkylation sites (tertiary alicyclic amines) is 1. The third-order valence-electron chi connectivity index (χ3n) is 4.27. The molecule has 1 aliphatic heterocycles. The van der Waals surface area contributed by atoms with Crippen LogP contribution in [0.3, 0.4) is 0 Å². The second kappa shape index (κ2) is 10.1. The fraction of sp³-hybridized carbons (Fsp3) is 0.526. The lowest BCUT2D eigenvalue weighted by Crippen LogP contribution is -2.34. The average Bonchev–Trinajstić information content (AvgIpc) is 3.12. The van der Waals surface area contributed by atoms with Gasteiger partial charge >= 0.3 is 0 Å². The highest BCUT2D eigenvalue weighted by atomic mass is 32.1. The molecule has 0 saturated carbocycles. The number of benzene rings is 1. The molecule has 1 heterocycles. The number of nitrogens with one attached hydrogen (secondary N) is 2. The molecule has 1 fully saturated rings. The number of carbonyl (C=O) groups is 2. The Morgan fingerprint density at radius 1 is 1.16 bits per heavy atom. The van der Waals surface area contributed by atoms with Crippen molar-refractivity contribution in [1.29, 1.82) is 0 Å². The zero-order valence-corrected chi connectivity index (χ0v) is 15.7. The molecule has 136 valence electrons. The van der Waals surface area contributed by atoms with Crippen molar-refractivity contribution in [2.45, 2.75) is 51.9 Å². The number of unbranched alkanes of at least 4 members (excludes halogenated alkanes) is 3. The van der Waals surface area contributed by atoms with E-state index in [1.165, 1.54) is 0 Å². The van der Waals surface area contributed by atoms with Gasteiger partial charge in [-0.05, 0) is 49.7 Å². The maximum atomic E-state index is 12.4. The lowest BCUT2D eigenvalue weighted by molar-refractivity contribution is -0.119. The topological polar surface area (TPSA) is 61.4 Å². The van der Waals surface area contributed by atoms with Gasteiger partial charge in [-0.1, -0.05) is 32.3 Å². The van der Waals surface area contributed by atoms with E-state index < -0.39 is 0 Å². The standard InChI is InChI=1S/C19H27N3O2S/c1-2-3-4-5-11-17(23)21-19(25)20-16-10-8-9-15(14-16)18(24)22-12-6-7-13-22/h8-10,14H,2-7,11-13H2,1H3,(H2,20,21,23,25). The third kappa shape index (κ3) is 6.46. The van der Waals surface area contributed by atoms with E-state index in [0.29, 0.717) is 17.7 Å². The Kier molecular flexibility index (Phi) is 7.85. The monoisotopic (exact) mass is 361 g/mol. The van der Waals surface area contributed by atoms with Gasteiger partial charge in [0.15, 0.2) is 5.11 Å². The summed E-state index contributed by atoms with van der Waals surface area (Å²) in [7, 11) is 0. The quantitative estimate of drug-likeness (QED) is 0.574. The zero-order chi connectivity index (χ0) is 18.1. The molecule has 0 aromatic heterocycles. The molecule has 0 bridgehead atoms. The number of nitrogens with zero attached hydrogens (tertiary/aromatic N) is 1. The van der Waals surface area contributed by atoms with Crippen molar-refractivity contribution in [3.8, 4) is 0 Å². The molecule has 6 heteroatoms. The average molecular weight is 362 g/mol. The molecule has 0 aliphatic carbocycles. The van der Waals surface area contributed by atoms with Crippen molar-refractivity contribution in [2.24, 2.45) is 0 Å². The Hall–Kier alpha value is -1.95. The molecule has 5 nitrogen and oxygen atoms in total. The molecule has 0 unspecified atom stereocenters. The summed E-state index contributed by atoms with van der Waals surface area (Å²) in [6.07, 6.45) is 6.85. The smallest absolute Gasteiger partial charge is 0.253 e. The van der Waals surface area contributed by atoms with Gasteiger partial charge in [-0.15, -0.1) is 0 Å². The number of amides is 2. The second-order valence-electron chi connectivity index (χ2n) is 6.39. The minimum Gasteiger partial charge on any atom is -0.339 e. The van der Waals surface area contributed by atoms with E-state index >= 15 is 0 Å². The van der Waals surface area contributed by atoms with Crippen LogP contribution in [0.4, 0.5) is 5.69 Å². The summed E-state index contributed by atoms with van der Waals surface area (Å²) >= 11 is 5.19. The molecule has 2 amide bonds. The highest BCUT2D eigenvalue weighted by Gasteiger charge is 2.19. The normalized spacial score (nSPS) is 13.6. The van der Waals surface area contributed by atoms with Crippen molar-refractivity contribution in [1.82, 2.24) is 10.2 Å². The van der Waals surface area contributed by atoms with Crippen molar-refractivity contribution in [3.63, 3.8) is 0 Å². The number of anilines is 1.